The van der Waals surface area contributed by atoms with Crippen LogP contribution in [0.3, 0.4) is 0 Å². The fraction of sp³-hybridized carbons (Fsp3) is 0.556. The predicted molar refractivity (Wildman–Crippen MR) is 92.5 cm³/mol. The molecule has 0 saturated carbocycles. The number of methoxy groups -OCH3 is 1. The lowest BCUT2D eigenvalue weighted by Gasteiger charge is -2.42. The van der Waals surface area contributed by atoms with Crippen molar-refractivity contribution in [3.05, 3.63) is 35.4 Å². The van der Waals surface area contributed by atoms with Crippen molar-refractivity contribution in [2.45, 2.75) is 18.6 Å². The van der Waals surface area contributed by atoms with Gasteiger partial charge in [-0.05, 0) is 17.7 Å². The summed E-state index contributed by atoms with van der Waals surface area (Å²) in [5.74, 6) is -0.927. The smallest absolute Gasteiger partial charge is 0.335 e. The zero-order valence-corrected chi connectivity index (χ0v) is 15.0. The molecule has 1 saturated heterocycles. The zero-order chi connectivity index (χ0) is 18.4. The largest absolute Gasteiger partial charge is 0.478 e. The minimum Gasteiger partial charge on any atom is -0.478 e. The SMILES string of the molecule is COC[C@@]1(CC(=O)N(C)C)CN(Cc2ccc(C(=O)O)cc2)CCO1. The first-order chi connectivity index (χ1) is 11.8. The van der Waals surface area contributed by atoms with Gasteiger partial charge in [0.15, 0.2) is 0 Å². The molecule has 0 unspecified atom stereocenters. The molecule has 1 aliphatic rings. The molecular weight excluding hydrogens is 324 g/mol. The van der Waals surface area contributed by atoms with Crippen LogP contribution in [0.25, 0.3) is 0 Å². The molecule has 0 radical (unpaired) electrons. The van der Waals surface area contributed by atoms with Crippen LogP contribution in [0.2, 0.25) is 0 Å². The summed E-state index contributed by atoms with van der Waals surface area (Å²) in [6.07, 6.45) is 0.266. The number of amides is 1. The van der Waals surface area contributed by atoms with Crippen molar-refractivity contribution in [3.8, 4) is 0 Å². The molecule has 1 fully saturated rings. The maximum absolute atomic E-state index is 12.2. The third-order valence-electron chi connectivity index (χ3n) is 4.31. The van der Waals surface area contributed by atoms with E-state index in [2.05, 4.69) is 4.90 Å². The lowest BCUT2D eigenvalue weighted by Crippen LogP contribution is -2.55. The summed E-state index contributed by atoms with van der Waals surface area (Å²) in [5, 5.41) is 8.98. The molecule has 0 aromatic heterocycles. The summed E-state index contributed by atoms with van der Waals surface area (Å²) < 4.78 is 11.3. The van der Waals surface area contributed by atoms with Crippen molar-refractivity contribution >= 4 is 11.9 Å². The molecule has 1 aliphatic heterocycles. The highest BCUT2D eigenvalue weighted by molar-refractivity contribution is 5.87. The molecular formula is C18H26N2O5. The van der Waals surface area contributed by atoms with Crippen LogP contribution in [0.1, 0.15) is 22.3 Å². The molecule has 1 aromatic carbocycles. The van der Waals surface area contributed by atoms with E-state index >= 15 is 0 Å². The van der Waals surface area contributed by atoms with E-state index in [1.165, 1.54) is 0 Å². The standard InChI is InChI=1S/C18H26N2O5/c1-19(2)16(21)10-18(13-24-3)12-20(8-9-25-18)11-14-4-6-15(7-5-14)17(22)23/h4-7H,8-13H2,1-3H3,(H,22,23)/t18-/m1/s1. The average molecular weight is 350 g/mol. The molecule has 1 atom stereocenters. The summed E-state index contributed by atoms with van der Waals surface area (Å²) in [6, 6.07) is 6.86. The molecule has 0 bridgehead atoms. The van der Waals surface area contributed by atoms with E-state index in [1.54, 1.807) is 38.2 Å². The Labute approximate surface area is 148 Å². The van der Waals surface area contributed by atoms with Gasteiger partial charge in [0.05, 0.1) is 25.2 Å². The molecule has 0 aliphatic carbocycles. The maximum Gasteiger partial charge on any atom is 0.335 e. The summed E-state index contributed by atoms with van der Waals surface area (Å²) in [6.45, 7) is 2.88. The van der Waals surface area contributed by atoms with Crippen LogP contribution in [0.5, 0.6) is 0 Å². The summed E-state index contributed by atoms with van der Waals surface area (Å²) in [7, 11) is 5.07. The third kappa shape index (κ3) is 5.26. The number of aromatic carboxylic acids is 1. The average Bonchev–Trinajstić information content (AvgIpc) is 2.55. The first-order valence-corrected chi connectivity index (χ1v) is 8.23. The van der Waals surface area contributed by atoms with Crippen molar-refractivity contribution in [3.63, 3.8) is 0 Å². The first-order valence-electron chi connectivity index (χ1n) is 8.23. The number of morpholine rings is 1. The highest BCUT2D eigenvalue weighted by Gasteiger charge is 2.39. The number of rotatable bonds is 7. The Hall–Kier alpha value is -1.96. The number of hydrogen-bond acceptors (Lipinski definition) is 5. The summed E-state index contributed by atoms with van der Waals surface area (Å²) in [4.78, 5) is 26.9. The molecule has 7 heteroatoms. The topological polar surface area (TPSA) is 79.3 Å². The Morgan fingerprint density at radius 3 is 2.56 bits per heavy atom. The van der Waals surface area contributed by atoms with Crippen molar-refractivity contribution in [1.29, 1.82) is 0 Å². The van der Waals surface area contributed by atoms with Crippen LogP contribution in [-0.2, 0) is 20.8 Å². The summed E-state index contributed by atoms with van der Waals surface area (Å²) >= 11 is 0. The lowest BCUT2D eigenvalue weighted by molar-refractivity contribution is -0.160. The molecule has 1 heterocycles. The number of carbonyl (C=O) groups is 2. The number of benzene rings is 1. The van der Waals surface area contributed by atoms with E-state index in [0.717, 1.165) is 12.1 Å². The zero-order valence-electron chi connectivity index (χ0n) is 15.0. The second kappa shape index (κ2) is 8.42. The van der Waals surface area contributed by atoms with Crippen molar-refractivity contribution in [1.82, 2.24) is 9.80 Å². The van der Waals surface area contributed by atoms with E-state index in [0.29, 0.717) is 26.3 Å². The number of carboxylic acids is 1. The van der Waals surface area contributed by atoms with Crippen molar-refractivity contribution in [2.75, 3.05) is 47.5 Å². The quantitative estimate of drug-likeness (QED) is 0.793. The van der Waals surface area contributed by atoms with Crippen LogP contribution >= 0.6 is 0 Å². The fourth-order valence-electron chi connectivity index (χ4n) is 3.01. The van der Waals surface area contributed by atoms with Gasteiger partial charge in [-0.1, -0.05) is 12.1 Å². The van der Waals surface area contributed by atoms with Crippen molar-refractivity contribution in [2.24, 2.45) is 0 Å². The van der Waals surface area contributed by atoms with Crippen LogP contribution in [0.4, 0.5) is 0 Å². The molecule has 25 heavy (non-hydrogen) atoms. The van der Waals surface area contributed by atoms with Gasteiger partial charge in [0, 0.05) is 40.8 Å². The Morgan fingerprint density at radius 1 is 1.32 bits per heavy atom. The minimum atomic E-state index is -0.931. The predicted octanol–water partition coefficient (Wildman–Crippen LogP) is 1.08. The van der Waals surface area contributed by atoms with Gasteiger partial charge in [0.2, 0.25) is 5.91 Å². The van der Waals surface area contributed by atoms with E-state index < -0.39 is 11.6 Å². The van der Waals surface area contributed by atoms with Crippen LogP contribution in [0.15, 0.2) is 24.3 Å². The normalized spacial score (nSPS) is 21.1. The minimum absolute atomic E-state index is 0.00436. The molecule has 2 rings (SSSR count). The van der Waals surface area contributed by atoms with E-state index in [4.69, 9.17) is 14.6 Å². The Morgan fingerprint density at radius 2 is 2.00 bits per heavy atom. The Kier molecular flexibility index (Phi) is 6.52. The first kappa shape index (κ1) is 19.4. The molecule has 138 valence electrons. The highest BCUT2D eigenvalue weighted by atomic mass is 16.5. The highest BCUT2D eigenvalue weighted by Crippen LogP contribution is 2.25. The molecule has 7 nitrogen and oxygen atoms in total. The van der Waals surface area contributed by atoms with Gasteiger partial charge in [-0.3, -0.25) is 9.69 Å². The molecule has 1 amide bonds. The number of carbonyl (C=O) groups excluding carboxylic acids is 1. The van der Waals surface area contributed by atoms with Crippen LogP contribution in [-0.4, -0.2) is 79.9 Å². The fourth-order valence-corrected chi connectivity index (χ4v) is 3.01. The molecule has 0 spiro atoms. The van der Waals surface area contributed by atoms with E-state index in [-0.39, 0.29) is 17.9 Å². The molecule has 1 aromatic rings. The Bertz CT molecular complexity index is 598. The monoisotopic (exact) mass is 350 g/mol. The van der Waals surface area contributed by atoms with Gasteiger partial charge in [-0.2, -0.15) is 0 Å². The number of hydrogen-bond donors (Lipinski definition) is 1. The maximum atomic E-state index is 12.2. The van der Waals surface area contributed by atoms with E-state index in [9.17, 15) is 9.59 Å². The second-order valence-electron chi connectivity index (χ2n) is 6.64. The van der Waals surface area contributed by atoms with Crippen LogP contribution in [0, 0.1) is 0 Å². The van der Waals surface area contributed by atoms with Gasteiger partial charge < -0.3 is 19.5 Å². The lowest BCUT2D eigenvalue weighted by atomic mass is 9.96. The third-order valence-corrected chi connectivity index (χ3v) is 4.31. The molecule has 1 N–H and O–H groups in total. The van der Waals surface area contributed by atoms with E-state index in [1.807, 2.05) is 12.1 Å². The van der Waals surface area contributed by atoms with Gasteiger partial charge in [0.1, 0.15) is 5.60 Å². The van der Waals surface area contributed by atoms with Gasteiger partial charge in [0.25, 0.3) is 0 Å². The Balaban J connectivity index is 2.06. The number of ether oxygens (including phenoxy) is 2. The summed E-state index contributed by atoms with van der Waals surface area (Å²) in [5.41, 5.74) is 0.642. The van der Waals surface area contributed by atoms with Gasteiger partial charge in [-0.25, -0.2) is 4.79 Å². The van der Waals surface area contributed by atoms with Crippen molar-refractivity contribution < 1.29 is 24.2 Å². The second-order valence-corrected chi connectivity index (χ2v) is 6.64. The van der Waals surface area contributed by atoms with Crippen LogP contribution < -0.4 is 0 Å². The van der Waals surface area contributed by atoms with Gasteiger partial charge >= 0.3 is 5.97 Å². The van der Waals surface area contributed by atoms with Gasteiger partial charge in [-0.15, -0.1) is 0 Å². The number of nitrogens with zero attached hydrogens (tertiary/aromatic N) is 2. The number of carboxylic acid groups (broad SMARTS) is 1.